The van der Waals surface area contributed by atoms with Gasteiger partial charge in [0.25, 0.3) is 11.7 Å². The Labute approximate surface area is 485 Å². The molecular formula is C58H86N2O21P2. The van der Waals surface area contributed by atoms with Crippen LogP contribution in [0.15, 0.2) is 65.9 Å². The number of aliphatic hydroxyl groups is 2. The predicted molar refractivity (Wildman–Crippen MR) is 301 cm³/mol. The van der Waals surface area contributed by atoms with E-state index in [0.29, 0.717) is 56.9 Å². The van der Waals surface area contributed by atoms with Crippen LogP contribution in [0.4, 0.5) is 4.79 Å². The van der Waals surface area contributed by atoms with Gasteiger partial charge in [0.15, 0.2) is 11.5 Å². The molecule has 83 heavy (non-hydrogen) atoms. The molecule has 0 aromatic carbocycles. The number of esters is 1. The van der Waals surface area contributed by atoms with E-state index in [-0.39, 0.29) is 61.4 Å². The summed E-state index contributed by atoms with van der Waals surface area (Å²) >= 11 is 0. The highest BCUT2D eigenvalue weighted by Gasteiger charge is 2.53. The van der Waals surface area contributed by atoms with Crippen molar-refractivity contribution in [2.45, 2.75) is 185 Å². The maximum absolute atomic E-state index is 14.6. The van der Waals surface area contributed by atoms with Crippen molar-refractivity contribution >= 4 is 50.6 Å². The topological polar surface area (TPSA) is 339 Å². The van der Waals surface area contributed by atoms with Crippen molar-refractivity contribution in [1.82, 2.24) is 9.88 Å². The predicted octanol–water partition coefficient (Wildman–Crippen LogP) is 7.15. The maximum Gasteiger partial charge on any atom is 0.514 e. The molecule has 4 heterocycles. The Hall–Kier alpha value is -4.61. The summed E-state index contributed by atoms with van der Waals surface area (Å²) < 4.78 is 64.2. The Bertz CT molecular complexity index is 2630. The van der Waals surface area contributed by atoms with Gasteiger partial charge in [0.2, 0.25) is 11.2 Å². The summed E-state index contributed by atoms with van der Waals surface area (Å²) in [6.45, 7) is 12.3. The molecule has 3 fully saturated rings. The summed E-state index contributed by atoms with van der Waals surface area (Å²) in [6.07, 6.45) is 7.97. The van der Waals surface area contributed by atoms with Gasteiger partial charge in [-0.15, -0.1) is 0 Å². The Morgan fingerprint density at radius 1 is 0.843 bits per heavy atom. The summed E-state index contributed by atoms with van der Waals surface area (Å²) in [5.41, 5.74) is 0.519. The first kappa shape index (κ1) is 69.2. The van der Waals surface area contributed by atoms with Gasteiger partial charge in [-0.05, 0) is 119 Å². The van der Waals surface area contributed by atoms with Gasteiger partial charge in [-0.1, -0.05) is 71.1 Å². The summed E-state index contributed by atoms with van der Waals surface area (Å²) in [5.74, 6) is -9.48. The highest BCUT2D eigenvalue weighted by molar-refractivity contribution is 7.70. The number of ketones is 3. The van der Waals surface area contributed by atoms with Crippen molar-refractivity contribution in [3.8, 4) is 5.75 Å². The van der Waals surface area contributed by atoms with E-state index in [4.69, 9.17) is 33.2 Å². The van der Waals surface area contributed by atoms with Crippen LogP contribution >= 0.6 is 15.2 Å². The van der Waals surface area contributed by atoms with Gasteiger partial charge in [0, 0.05) is 58.5 Å². The standard InChI is InChI=1S/C58H86N2O21P2/c1-33-16-12-11-13-17-34(2)47(75-8)30-41-21-19-39(7)58(68,81-41)53(64)54(65)60-25-15-14-18-44(60)55(66)79-48(31-45(61)35(3)27-38(6)51(63)52(77-10)50(62)37(5)26-33)36(4)28-40-20-24-46(49(29-40)76-9)80-57(67)78-42-22-23-43(59-32-42)56(82(69,70)71)83(72,73)74/h11-13,16-17,22-23,27,32-33,35-37,39-41,44,46-49,51-52,56,63,68H,14-15,18-21,24-26,28-31H2,1-10H3,(H2,69,70,71)(H2,72,73,74)/b13-11+,16-12+,34-17+,38-27+/t33-,35-,36-,37-,39-,40-,41+,44+,46-,47+,48+,49-,51-,52+,58-/m1/s1. The van der Waals surface area contributed by atoms with Crippen LogP contribution in [0.5, 0.6) is 5.75 Å². The summed E-state index contributed by atoms with van der Waals surface area (Å²) in [7, 11) is -6.40. The normalized spacial score (nSPS) is 34.5. The van der Waals surface area contributed by atoms with Crippen LogP contribution in [0, 0.1) is 35.5 Å². The van der Waals surface area contributed by atoms with Crippen LogP contribution < -0.4 is 4.74 Å². The number of methoxy groups -OCH3 is 3. The molecule has 1 amide bonds. The third kappa shape index (κ3) is 18.7. The number of aliphatic hydroxyl groups excluding tert-OH is 1. The van der Waals surface area contributed by atoms with Crippen LogP contribution in [0.3, 0.4) is 0 Å². The molecule has 6 N–H and O–H groups in total. The fourth-order valence-corrected chi connectivity index (χ4v) is 14.2. The van der Waals surface area contributed by atoms with E-state index in [0.717, 1.165) is 28.8 Å². The molecule has 5 rings (SSSR count). The summed E-state index contributed by atoms with van der Waals surface area (Å²) in [5, 5.41) is 21.1. The van der Waals surface area contributed by atoms with Crippen molar-refractivity contribution in [3.63, 3.8) is 0 Å². The van der Waals surface area contributed by atoms with E-state index in [2.05, 4.69) is 4.98 Å². The Kier molecular flexibility index (Phi) is 25.5. The summed E-state index contributed by atoms with van der Waals surface area (Å²) in [6, 6.07) is 0.686. The molecule has 4 aliphatic rings. The van der Waals surface area contributed by atoms with E-state index in [9.17, 15) is 67.7 Å². The number of piperidine rings is 1. The molecule has 1 saturated carbocycles. The molecule has 25 heteroatoms. The number of ether oxygens (including phenoxy) is 7. The summed E-state index contributed by atoms with van der Waals surface area (Å²) in [4.78, 5) is 128. The molecule has 23 nitrogen and oxygen atoms in total. The molecule has 0 spiro atoms. The average molecular weight is 1210 g/mol. The fraction of sp³-hybridized carbons (Fsp3) is 0.672. The number of rotatable bonds is 11. The van der Waals surface area contributed by atoms with Crippen LogP contribution in [0.25, 0.3) is 0 Å². The Morgan fingerprint density at radius 2 is 1.54 bits per heavy atom. The van der Waals surface area contributed by atoms with Crippen molar-refractivity contribution in [2.75, 3.05) is 27.9 Å². The van der Waals surface area contributed by atoms with E-state index >= 15 is 0 Å². The van der Waals surface area contributed by atoms with Gasteiger partial charge >= 0.3 is 27.3 Å². The number of hydrogen-bond donors (Lipinski definition) is 6. The second-order valence-electron chi connectivity index (χ2n) is 23.0. The van der Waals surface area contributed by atoms with Gasteiger partial charge in [0.1, 0.15) is 36.2 Å². The lowest BCUT2D eigenvalue weighted by atomic mass is 9.78. The second-order valence-corrected chi connectivity index (χ2v) is 26.8. The van der Waals surface area contributed by atoms with Gasteiger partial charge in [-0.3, -0.25) is 33.3 Å². The number of allylic oxidation sites excluding steroid dienone is 6. The first-order valence-corrected chi connectivity index (χ1v) is 31.7. The minimum Gasteiger partial charge on any atom is -0.460 e. The van der Waals surface area contributed by atoms with E-state index < -0.39 is 128 Å². The van der Waals surface area contributed by atoms with Gasteiger partial charge in [0.05, 0.1) is 30.2 Å². The van der Waals surface area contributed by atoms with Crippen LogP contribution in [-0.2, 0) is 61.5 Å². The number of hydrogen-bond acceptors (Lipinski definition) is 18. The van der Waals surface area contributed by atoms with E-state index in [1.54, 1.807) is 40.9 Å². The van der Waals surface area contributed by atoms with E-state index in [1.807, 2.05) is 51.2 Å². The molecule has 1 aromatic heterocycles. The maximum atomic E-state index is 14.6. The Morgan fingerprint density at radius 3 is 2.17 bits per heavy atom. The van der Waals surface area contributed by atoms with Gasteiger partial charge < -0.3 is 67.8 Å². The minimum absolute atomic E-state index is 0.00153. The quantitative estimate of drug-likeness (QED) is 0.0554. The molecule has 0 unspecified atom stereocenters. The zero-order chi connectivity index (χ0) is 61.7. The lowest BCUT2D eigenvalue weighted by molar-refractivity contribution is -0.265. The lowest BCUT2D eigenvalue weighted by Crippen LogP contribution is -2.61. The number of nitrogens with zero attached hydrogens (tertiary/aromatic N) is 2. The number of pyridine rings is 1. The lowest BCUT2D eigenvalue weighted by Gasteiger charge is -2.42. The molecule has 15 atom stereocenters. The van der Waals surface area contributed by atoms with Crippen molar-refractivity contribution in [3.05, 3.63) is 71.6 Å². The molecule has 464 valence electrons. The number of carbonyl (C=O) groups is 6. The van der Waals surface area contributed by atoms with Crippen LogP contribution in [0.2, 0.25) is 0 Å². The van der Waals surface area contributed by atoms with Crippen LogP contribution in [0.1, 0.15) is 137 Å². The molecule has 1 aliphatic carbocycles. The smallest absolute Gasteiger partial charge is 0.460 e. The highest BCUT2D eigenvalue weighted by Crippen LogP contribution is 2.69. The number of fused-ring (bicyclic) bond motifs is 3. The molecule has 3 aliphatic heterocycles. The monoisotopic (exact) mass is 1210 g/mol. The number of Topliss-reactive ketones (excluding diaryl/α,β-unsaturated/α-hetero) is 3. The third-order valence-electron chi connectivity index (χ3n) is 16.6. The van der Waals surface area contributed by atoms with Gasteiger partial charge in [-0.25, -0.2) is 9.59 Å². The third-order valence-corrected chi connectivity index (χ3v) is 20.2. The fourth-order valence-electron chi connectivity index (χ4n) is 11.6. The first-order valence-electron chi connectivity index (χ1n) is 28.4. The van der Waals surface area contributed by atoms with Crippen molar-refractivity contribution in [2.24, 2.45) is 35.5 Å². The number of carbonyl (C=O) groups excluding carboxylic acids is 6. The highest BCUT2D eigenvalue weighted by atomic mass is 31.2. The van der Waals surface area contributed by atoms with Gasteiger partial charge in [-0.2, -0.15) is 0 Å². The number of cyclic esters (lactones) is 1. The van der Waals surface area contributed by atoms with E-state index in [1.165, 1.54) is 14.2 Å². The number of aromatic nitrogens is 1. The van der Waals surface area contributed by atoms with Crippen LogP contribution in [-0.4, -0.2) is 157 Å². The molecule has 0 radical (unpaired) electrons. The molecule has 2 saturated heterocycles. The Balaban J connectivity index is 1.40. The first-order chi connectivity index (χ1) is 38.9. The van der Waals surface area contributed by atoms with Crippen molar-refractivity contribution < 1.29 is 101 Å². The number of amides is 1. The zero-order valence-electron chi connectivity index (χ0n) is 49.1. The van der Waals surface area contributed by atoms with Crippen molar-refractivity contribution in [1.29, 1.82) is 0 Å². The SMILES string of the molecule is CO[C@H]1C[C@@H]2CC[C@@H](C)[C@@](O)(O2)C(=O)C(=O)N2CCCC[C@H]2C(=O)O[C@H]([C@H](C)C[C@H]2CC[C@@H](OC(=O)Oc3ccc(C(P(=O)(O)O)P(=O)(O)O)nc3)[C@H](OC)C2)CC(=O)[C@H](C)/C=C(\C)[C@@H](O)[C@@H](OC)C(=O)[C@H](C)C[C@H](C)/C=C/C=C/C=C/1C. The minimum atomic E-state index is -5.35. The molecular weight excluding hydrogens is 1120 g/mol. The molecule has 2 bridgehead atoms. The zero-order valence-corrected chi connectivity index (χ0v) is 50.9. The second kappa shape index (κ2) is 30.6. The average Bonchev–Trinajstić information content (AvgIpc) is 3.53. The molecule has 1 aromatic rings. The largest absolute Gasteiger partial charge is 0.514 e.